The molecule has 1 aromatic carbocycles. The molecule has 1 aliphatic rings. The minimum absolute atomic E-state index is 0.195. The van der Waals surface area contributed by atoms with Gasteiger partial charge < -0.3 is 15.7 Å². The number of rotatable bonds is 7. The lowest BCUT2D eigenvalue weighted by Gasteiger charge is -2.10. The molecule has 0 aliphatic heterocycles. The molecule has 0 unspecified atom stereocenters. The number of aromatic nitrogens is 2. The molecule has 7 heteroatoms. The van der Waals surface area contributed by atoms with Crippen molar-refractivity contribution >= 4 is 33.7 Å². The van der Waals surface area contributed by atoms with Crippen LogP contribution in [0.1, 0.15) is 30.0 Å². The van der Waals surface area contributed by atoms with Crippen LogP contribution < -0.4 is 10.6 Å². The molecule has 3 rings (SSSR count). The molecule has 1 fully saturated rings. The minimum Gasteiger partial charge on any atom is -0.480 e. The van der Waals surface area contributed by atoms with Gasteiger partial charge in [-0.3, -0.25) is 4.79 Å². The van der Waals surface area contributed by atoms with E-state index in [1.807, 2.05) is 30.3 Å². The van der Waals surface area contributed by atoms with E-state index in [0.717, 1.165) is 28.6 Å². The van der Waals surface area contributed by atoms with Crippen molar-refractivity contribution in [3.63, 3.8) is 0 Å². The fraction of sp³-hybridized carbons (Fsp3) is 0.312. The predicted octanol–water partition coefficient (Wildman–Crippen LogP) is 3.23. The number of hydrogen-bond acceptors (Lipinski definition) is 5. The van der Waals surface area contributed by atoms with Crippen LogP contribution in [-0.4, -0.2) is 27.6 Å². The van der Waals surface area contributed by atoms with Crippen LogP contribution >= 0.6 is 15.9 Å². The number of anilines is 2. The van der Waals surface area contributed by atoms with Crippen molar-refractivity contribution in [2.75, 3.05) is 17.2 Å². The summed E-state index contributed by atoms with van der Waals surface area (Å²) >= 11 is 3.45. The van der Waals surface area contributed by atoms with Crippen molar-refractivity contribution in [3.05, 3.63) is 46.1 Å². The number of hydrogen-bond donors (Lipinski definition) is 3. The van der Waals surface area contributed by atoms with E-state index in [2.05, 4.69) is 36.5 Å². The average Bonchev–Trinajstić information content (AvgIpc) is 3.36. The minimum atomic E-state index is -0.936. The SMILES string of the molecule is O=C(O)CNc1nc(NCc2cccc(Br)c2)cc(C2CC2)n1. The van der Waals surface area contributed by atoms with Crippen LogP contribution in [0, 0.1) is 0 Å². The first-order valence-electron chi connectivity index (χ1n) is 7.43. The molecule has 1 aliphatic carbocycles. The predicted molar refractivity (Wildman–Crippen MR) is 91.6 cm³/mol. The molecule has 1 aromatic heterocycles. The molecule has 23 heavy (non-hydrogen) atoms. The molecular weight excluding hydrogens is 360 g/mol. The van der Waals surface area contributed by atoms with Crippen molar-refractivity contribution in [3.8, 4) is 0 Å². The first-order chi connectivity index (χ1) is 11.1. The smallest absolute Gasteiger partial charge is 0.322 e. The van der Waals surface area contributed by atoms with E-state index in [1.165, 1.54) is 0 Å². The summed E-state index contributed by atoms with van der Waals surface area (Å²) in [6.07, 6.45) is 2.25. The van der Waals surface area contributed by atoms with Crippen molar-refractivity contribution in [1.29, 1.82) is 0 Å². The normalized spacial score (nSPS) is 13.6. The van der Waals surface area contributed by atoms with Crippen LogP contribution in [0.5, 0.6) is 0 Å². The third-order valence-corrected chi connectivity index (χ3v) is 4.00. The Kier molecular flexibility index (Phi) is 4.76. The van der Waals surface area contributed by atoms with Gasteiger partial charge in [0.25, 0.3) is 0 Å². The average molecular weight is 377 g/mol. The second-order valence-corrected chi connectivity index (χ2v) is 6.42. The Labute approximate surface area is 142 Å². The summed E-state index contributed by atoms with van der Waals surface area (Å²) in [7, 11) is 0. The highest BCUT2D eigenvalue weighted by molar-refractivity contribution is 9.10. The number of nitrogens with one attached hydrogen (secondary N) is 2. The Balaban J connectivity index is 1.73. The van der Waals surface area contributed by atoms with Crippen molar-refractivity contribution in [1.82, 2.24) is 9.97 Å². The highest BCUT2D eigenvalue weighted by Gasteiger charge is 2.26. The Bertz CT molecular complexity index is 719. The van der Waals surface area contributed by atoms with Gasteiger partial charge in [0.15, 0.2) is 0 Å². The first kappa shape index (κ1) is 15.7. The molecule has 1 heterocycles. The van der Waals surface area contributed by atoms with Crippen LogP contribution in [0.2, 0.25) is 0 Å². The maximum Gasteiger partial charge on any atom is 0.322 e. The molecule has 3 N–H and O–H groups in total. The molecular formula is C16H17BrN4O2. The summed E-state index contributed by atoms with van der Waals surface area (Å²) in [4.78, 5) is 19.4. The number of carboxylic acid groups (broad SMARTS) is 1. The summed E-state index contributed by atoms with van der Waals surface area (Å²) < 4.78 is 1.03. The highest BCUT2D eigenvalue weighted by Crippen LogP contribution is 2.39. The van der Waals surface area contributed by atoms with Gasteiger partial charge in [-0.05, 0) is 30.5 Å². The lowest BCUT2D eigenvalue weighted by atomic mass is 10.2. The van der Waals surface area contributed by atoms with E-state index in [1.54, 1.807) is 0 Å². The Morgan fingerprint density at radius 1 is 1.26 bits per heavy atom. The number of aliphatic carboxylic acids is 1. The summed E-state index contributed by atoms with van der Waals surface area (Å²) in [6, 6.07) is 9.98. The van der Waals surface area contributed by atoms with Gasteiger partial charge in [0, 0.05) is 23.0 Å². The maximum atomic E-state index is 10.7. The second kappa shape index (κ2) is 6.95. The molecule has 120 valence electrons. The van der Waals surface area contributed by atoms with E-state index in [9.17, 15) is 4.79 Å². The number of carbonyl (C=O) groups is 1. The van der Waals surface area contributed by atoms with Gasteiger partial charge in [0.05, 0.1) is 5.69 Å². The summed E-state index contributed by atoms with van der Waals surface area (Å²) in [5, 5.41) is 14.8. The van der Waals surface area contributed by atoms with Crippen LogP contribution in [0.3, 0.4) is 0 Å². The summed E-state index contributed by atoms with van der Waals surface area (Å²) in [5.74, 6) is 0.590. The third-order valence-electron chi connectivity index (χ3n) is 3.50. The monoisotopic (exact) mass is 376 g/mol. The highest BCUT2D eigenvalue weighted by atomic mass is 79.9. The van der Waals surface area contributed by atoms with Crippen molar-refractivity contribution in [2.45, 2.75) is 25.3 Å². The van der Waals surface area contributed by atoms with E-state index < -0.39 is 5.97 Å². The van der Waals surface area contributed by atoms with Crippen molar-refractivity contribution < 1.29 is 9.90 Å². The van der Waals surface area contributed by atoms with E-state index in [-0.39, 0.29) is 6.54 Å². The molecule has 2 aromatic rings. The Hall–Kier alpha value is -2.15. The molecule has 1 saturated carbocycles. The standard InChI is InChI=1S/C16H17BrN4O2/c17-12-3-1-2-10(6-12)8-18-14-7-13(11-4-5-11)20-16(21-14)19-9-15(22)23/h1-3,6-7,11H,4-5,8-9H2,(H,22,23)(H2,18,19,20,21). The van der Waals surface area contributed by atoms with Crippen LogP contribution in [0.4, 0.5) is 11.8 Å². The zero-order chi connectivity index (χ0) is 16.2. The number of carboxylic acids is 1. The van der Waals surface area contributed by atoms with Crippen LogP contribution in [0.15, 0.2) is 34.8 Å². The van der Waals surface area contributed by atoms with Gasteiger partial charge in [-0.15, -0.1) is 0 Å². The van der Waals surface area contributed by atoms with Gasteiger partial charge in [-0.25, -0.2) is 4.98 Å². The largest absolute Gasteiger partial charge is 0.480 e. The lowest BCUT2D eigenvalue weighted by molar-refractivity contribution is -0.134. The van der Waals surface area contributed by atoms with Crippen LogP contribution in [0.25, 0.3) is 0 Å². The fourth-order valence-electron chi connectivity index (χ4n) is 2.22. The topological polar surface area (TPSA) is 87.1 Å². The zero-order valence-corrected chi connectivity index (χ0v) is 14.0. The van der Waals surface area contributed by atoms with Gasteiger partial charge in [-0.1, -0.05) is 28.1 Å². The molecule has 0 radical (unpaired) electrons. The van der Waals surface area contributed by atoms with E-state index in [4.69, 9.17) is 5.11 Å². The van der Waals surface area contributed by atoms with Gasteiger partial charge in [0.2, 0.25) is 5.95 Å². The quantitative estimate of drug-likeness (QED) is 0.687. The third kappa shape index (κ3) is 4.66. The molecule has 6 nitrogen and oxygen atoms in total. The van der Waals surface area contributed by atoms with Gasteiger partial charge in [-0.2, -0.15) is 4.98 Å². The van der Waals surface area contributed by atoms with E-state index in [0.29, 0.717) is 24.2 Å². The number of nitrogens with zero attached hydrogens (tertiary/aromatic N) is 2. The Morgan fingerprint density at radius 3 is 2.78 bits per heavy atom. The summed E-state index contributed by atoms with van der Waals surface area (Å²) in [5.41, 5.74) is 2.09. The molecule has 0 atom stereocenters. The molecule has 0 spiro atoms. The maximum absolute atomic E-state index is 10.7. The number of halogens is 1. The van der Waals surface area contributed by atoms with E-state index >= 15 is 0 Å². The summed E-state index contributed by atoms with van der Waals surface area (Å²) in [6.45, 7) is 0.443. The zero-order valence-electron chi connectivity index (χ0n) is 12.4. The van der Waals surface area contributed by atoms with Crippen molar-refractivity contribution in [2.24, 2.45) is 0 Å². The number of benzene rings is 1. The van der Waals surface area contributed by atoms with Gasteiger partial charge in [0.1, 0.15) is 12.4 Å². The Morgan fingerprint density at radius 2 is 2.09 bits per heavy atom. The lowest BCUT2D eigenvalue weighted by Crippen LogP contribution is -2.15. The molecule has 0 saturated heterocycles. The van der Waals surface area contributed by atoms with Gasteiger partial charge >= 0.3 is 5.97 Å². The molecule has 0 amide bonds. The van der Waals surface area contributed by atoms with Crippen LogP contribution in [-0.2, 0) is 11.3 Å². The second-order valence-electron chi connectivity index (χ2n) is 5.51. The fourth-order valence-corrected chi connectivity index (χ4v) is 2.66. The first-order valence-corrected chi connectivity index (χ1v) is 8.22. The molecule has 0 bridgehead atoms.